The number of anilines is 2. The van der Waals surface area contributed by atoms with Gasteiger partial charge in [-0.2, -0.15) is 0 Å². The molecule has 3 nitrogen and oxygen atoms in total. The Balaban J connectivity index is 2.27. The first-order chi connectivity index (χ1) is 9.38. The van der Waals surface area contributed by atoms with Crippen LogP contribution in [-0.4, -0.2) is 5.91 Å². The SMILES string of the molecule is Nc1cc(NC(=O)c2ccc(Cl)c(F)c2)c(F)cc1F. The van der Waals surface area contributed by atoms with Crippen molar-refractivity contribution in [1.82, 2.24) is 0 Å². The lowest BCUT2D eigenvalue weighted by Crippen LogP contribution is -2.14. The number of nitrogens with one attached hydrogen (secondary N) is 1. The van der Waals surface area contributed by atoms with Gasteiger partial charge in [-0.25, -0.2) is 13.2 Å². The molecule has 0 atom stereocenters. The van der Waals surface area contributed by atoms with E-state index in [0.717, 1.165) is 12.1 Å². The van der Waals surface area contributed by atoms with Gasteiger partial charge >= 0.3 is 0 Å². The molecule has 2 aromatic rings. The minimum Gasteiger partial charge on any atom is -0.396 e. The molecule has 0 heterocycles. The van der Waals surface area contributed by atoms with Crippen LogP contribution in [0.3, 0.4) is 0 Å². The van der Waals surface area contributed by atoms with Gasteiger partial charge in [0.15, 0.2) is 0 Å². The summed E-state index contributed by atoms with van der Waals surface area (Å²) in [5.74, 6) is -3.47. The molecule has 0 unspecified atom stereocenters. The van der Waals surface area contributed by atoms with Gasteiger partial charge in [-0.1, -0.05) is 11.6 Å². The number of rotatable bonds is 2. The molecule has 2 rings (SSSR count). The van der Waals surface area contributed by atoms with Gasteiger partial charge in [-0.15, -0.1) is 0 Å². The van der Waals surface area contributed by atoms with Crippen LogP contribution in [0.15, 0.2) is 30.3 Å². The molecule has 0 fully saturated rings. The summed E-state index contributed by atoms with van der Waals surface area (Å²) in [6, 6.07) is 4.86. The Bertz CT molecular complexity index is 692. The quantitative estimate of drug-likeness (QED) is 0.833. The maximum Gasteiger partial charge on any atom is 0.255 e. The molecule has 0 radical (unpaired) electrons. The minimum atomic E-state index is -0.987. The third-order valence-corrected chi connectivity index (χ3v) is 2.82. The van der Waals surface area contributed by atoms with Gasteiger partial charge in [0.1, 0.15) is 17.5 Å². The summed E-state index contributed by atoms with van der Waals surface area (Å²) in [7, 11) is 0. The Morgan fingerprint density at radius 3 is 2.40 bits per heavy atom. The minimum absolute atomic E-state index is 0.0609. The highest BCUT2D eigenvalue weighted by Crippen LogP contribution is 2.22. The van der Waals surface area contributed by atoms with Crippen molar-refractivity contribution in [2.45, 2.75) is 0 Å². The number of carbonyl (C=O) groups is 1. The average molecular weight is 301 g/mol. The van der Waals surface area contributed by atoms with Gasteiger partial charge in [-0.3, -0.25) is 4.79 Å². The third-order valence-electron chi connectivity index (χ3n) is 2.52. The number of carbonyl (C=O) groups excluding carboxylic acids is 1. The van der Waals surface area contributed by atoms with E-state index in [2.05, 4.69) is 5.32 Å². The number of halogens is 4. The fourth-order valence-corrected chi connectivity index (χ4v) is 1.61. The van der Waals surface area contributed by atoms with Crippen LogP contribution in [0.2, 0.25) is 5.02 Å². The summed E-state index contributed by atoms with van der Waals surface area (Å²) >= 11 is 5.48. The van der Waals surface area contributed by atoms with Crippen molar-refractivity contribution in [2.24, 2.45) is 0 Å². The predicted octanol–water partition coefficient (Wildman–Crippen LogP) is 3.59. The van der Waals surface area contributed by atoms with Gasteiger partial charge < -0.3 is 11.1 Å². The van der Waals surface area contributed by atoms with Crippen molar-refractivity contribution in [2.75, 3.05) is 11.1 Å². The van der Waals surface area contributed by atoms with Crippen LogP contribution in [-0.2, 0) is 0 Å². The van der Waals surface area contributed by atoms with Crippen LogP contribution in [0.5, 0.6) is 0 Å². The summed E-state index contributed by atoms with van der Waals surface area (Å²) < 4.78 is 39.6. The van der Waals surface area contributed by atoms with Gasteiger partial charge in [0.2, 0.25) is 0 Å². The lowest BCUT2D eigenvalue weighted by Gasteiger charge is -2.08. The summed E-state index contributed by atoms with van der Waals surface area (Å²) in [6.07, 6.45) is 0. The lowest BCUT2D eigenvalue weighted by atomic mass is 10.2. The number of amides is 1. The first-order valence-electron chi connectivity index (χ1n) is 5.39. The largest absolute Gasteiger partial charge is 0.396 e. The second-order valence-corrected chi connectivity index (χ2v) is 4.34. The van der Waals surface area contributed by atoms with Crippen molar-refractivity contribution in [1.29, 1.82) is 0 Å². The molecule has 20 heavy (non-hydrogen) atoms. The smallest absolute Gasteiger partial charge is 0.255 e. The van der Waals surface area contributed by atoms with Crippen LogP contribution in [0.25, 0.3) is 0 Å². The summed E-state index contributed by atoms with van der Waals surface area (Å²) in [5, 5.41) is 2.03. The van der Waals surface area contributed by atoms with Crippen LogP contribution < -0.4 is 11.1 Å². The molecule has 0 aliphatic rings. The standard InChI is InChI=1S/C13H8ClF3N2O/c14-7-2-1-6(3-8(7)15)13(20)19-12-5-11(18)9(16)4-10(12)17/h1-5H,18H2,(H,19,20). The Labute approximate surface area is 117 Å². The fraction of sp³-hybridized carbons (Fsp3) is 0. The van der Waals surface area contributed by atoms with E-state index in [9.17, 15) is 18.0 Å². The van der Waals surface area contributed by atoms with E-state index in [0.29, 0.717) is 6.07 Å². The van der Waals surface area contributed by atoms with Gasteiger partial charge in [0.25, 0.3) is 5.91 Å². The number of hydrogen-bond donors (Lipinski definition) is 2. The second kappa shape index (κ2) is 5.42. The van der Waals surface area contributed by atoms with Gasteiger partial charge in [-0.05, 0) is 24.3 Å². The van der Waals surface area contributed by atoms with E-state index in [1.807, 2.05) is 0 Å². The summed E-state index contributed by atoms with van der Waals surface area (Å²) in [5.41, 5.74) is 4.60. The number of nitrogen functional groups attached to an aromatic ring is 1. The zero-order valence-electron chi connectivity index (χ0n) is 9.88. The predicted molar refractivity (Wildman–Crippen MR) is 70.1 cm³/mol. The van der Waals surface area contributed by atoms with E-state index in [-0.39, 0.29) is 22.0 Å². The van der Waals surface area contributed by atoms with Crippen LogP contribution in [0, 0.1) is 17.5 Å². The van der Waals surface area contributed by atoms with E-state index in [4.69, 9.17) is 17.3 Å². The first kappa shape index (κ1) is 14.2. The molecular formula is C13H8ClF3N2O. The maximum atomic E-state index is 13.4. The van der Waals surface area contributed by atoms with Crippen molar-refractivity contribution >= 4 is 28.9 Å². The van der Waals surface area contributed by atoms with E-state index >= 15 is 0 Å². The van der Waals surface area contributed by atoms with Gasteiger partial charge in [0, 0.05) is 11.6 Å². The Morgan fingerprint density at radius 2 is 1.75 bits per heavy atom. The van der Waals surface area contributed by atoms with Crippen molar-refractivity contribution in [3.05, 3.63) is 58.4 Å². The maximum absolute atomic E-state index is 13.4. The molecule has 104 valence electrons. The number of nitrogens with two attached hydrogens (primary N) is 1. The average Bonchev–Trinajstić information content (AvgIpc) is 2.39. The molecular weight excluding hydrogens is 293 g/mol. The molecule has 2 aromatic carbocycles. The Hall–Kier alpha value is -2.21. The van der Waals surface area contributed by atoms with Crippen LogP contribution >= 0.6 is 11.6 Å². The lowest BCUT2D eigenvalue weighted by molar-refractivity contribution is 0.102. The molecule has 0 aromatic heterocycles. The fourth-order valence-electron chi connectivity index (χ4n) is 1.49. The topological polar surface area (TPSA) is 55.1 Å². The normalized spacial score (nSPS) is 10.4. The van der Waals surface area contributed by atoms with Crippen molar-refractivity contribution in [3.63, 3.8) is 0 Å². The molecule has 0 saturated carbocycles. The molecule has 1 amide bonds. The van der Waals surface area contributed by atoms with Crippen molar-refractivity contribution in [3.8, 4) is 0 Å². The first-order valence-corrected chi connectivity index (χ1v) is 5.77. The molecule has 7 heteroatoms. The monoisotopic (exact) mass is 300 g/mol. The number of hydrogen-bond acceptors (Lipinski definition) is 2. The molecule has 0 aliphatic heterocycles. The molecule has 0 bridgehead atoms. The highest BCUT2D eigenvalue weighted by molar-refractivity contribution is 6.30. The highest BCUT2D eigenvalue weighted by Gasteiger charge is 2.13. The zero-order valence-corrected chi connectivity index (χ0v) is 10.6. The van der Waals surface area contributed by atoms with E-state index in [1.54, 1.807) is 0 Å². The molecule has 3 N–H and O–H groups in total. The highest BCUT2D eigenvalue weighted by atomic mass is 35.5. The zero-order chi connectivity index (χ0) is 14.9. The third kappa shape index (κ3) is 2.85. The molecule has 0 saturated heterocycles. The molecule has 0 aliphatic carbocycles. The Kier molecular flexibility index (Phi) is 3.85. The number of benzene rings is 2. The van der Waals surface area contributed by atoms with Crippen molar-refractivity contribution < 1.29 is 18.0 Å². The van der Waals surface area contributed by atoms with E-state index in [1.165, 1.54) is 12.1 Å². The summed E-state index contributed by atoms with van der Waals surface area (Å²) in [6.45, 7) is 0. The Morgan fingerprint density at radius 1 is 1.05 bits per heavy atom. The van der Waals surface area contributed by atoms with E-state index < -0.39 is 23.4 Å². The molecule has 0 spiro atoms. The summed E-state index contributed by atoms with van der Waals surface area (Å²) in [4.78, 5) is 11.8. The van der Waals surface area contributed by atoms with Crippen LogP contribution in [0.4, 0.5) is 24.5 Å². The van der Waals surface area contributed by atoms with Crippen LogP contribution in [0.1, 0.15) is 10.4 Å². The van der Waals surface area contributed by atoms with Gasteiger partial charge in [0.05, 0.1) is 16.4 Å². The second-order valence-electron chi connectivity index (χ2n) is 3.94.